The van der Waals surface area contributed by atoms with Gasteiger partial charge in [0.2, 0.25) is 5.60 Å². The van der Waals surface area contributed by atoms with Gasteiger partial charge in [-0.3, -0.25) is 9.78 Å². The zero-order valence-corrected chi connectivity index (χ0v) is 25.2. The number of nitrogens with zero attached hydrogens (tertiary/aromatic N) is 5. The predicted octanol–water partition coefficient (Wildman–Crippen LogP) is 4.29. The molecule has 4 aromatic rings. The smallest absolute Gasteiger partial charge is 0.411 e. The average molecular weight is 624 g/mol. The molecule has 0 bridgehead atoms. The van der Waals surface area contributed by atoms with Crippen molar-refractivity contribution >= 4 is 33.4 Å². The van der Waals surface area contributed by atoms with E-state index in [-0.39, 0.29) is 52.7 Å². The summed E-state index contributed by atoms with van der Waals surface area (Å²) in [6.07, 6.45) is 2.59. The van der Waals surface area contributed by atoms with Gasteiger partial charge in [-0.1, -0.05) is 36.4 Å². The maximum absolute atomic E-state index is 14.8. The van der Waals surface area contributed by atoms with Crippen LogP contribution < -0.4 is 13.9 Å². The summed E-state index contributed by atoms with van der Waals surface area (Å²) in [6.45, 7) is 3.56. The van der Waals surface area contributed by atoms with Crippen molar-refractivity contribution in [2.75, 3.05) is 42.0 Å². The highest BCUT2D eigenvalue weighted by molar-refractivity contribution is 7.93. The minimum Gasteiger partial charge on any atom is -0.493 e. The highest BCUT2D eigenvalue weighted by Gasteiger charge is 2.61. The molecule has 12 heteroatoms. The molecule has 2 aliphatic rings. The van der Waals surface area contributed by atoms with Gasteiger partial charge >= 0.3 is 6.09 Å². The molecule has 1 atom stereocenters. The van der Waals surface area contributed by atoms with Crippen LogP contribution in [0.1, 0.15) is 23.6 Å². The van der Waals surface area contributed by atoms with Crippen molar-refractivity contribution in [3.05, 3.63) is 114 Å². The number of benzene rings is 3. The maximum atomic E-state index is 14.8. The van der Waals surface area contributed by atoms with Gasteiger partial charge in [0.15, 0.2) is 0 Å². The number of carbonyl (C=O) groups is 2. The lowest BCUT2D eigenvalue weighted by Gasteiger charge is -2.38. The summed E-state index contributed by atoms with van der Waals surface area (Å²) in [5.41, 5.74) is -1.00. The van der Waals surface area contributed by atoms with E-state index in [0.717, 1.165) is 5.69 Å². The molecule has 0 spiro atoms. The predicted molar refractivity (Wildman–Crippen MR) is 165 cm³/mol. The Hall–Kier alpha value is -5.41. The molecule has 0 aliphatic carbocycles. The molecule has 2 aliphatic heterocycles. The normalized spacial score (nSPS) is 17.9. The zero-order valence-electron chi connectivity index (χ0n) is 24.4. The number of amides is 2. The van der Waals surface area contributed by atoms with Gasteiger partial charge in [0, 0.05) is 49.8 Å². The summed E-state index contributed by atoms with van der Waals surface area (Å²) >= 11 is 0. The van der Waals surface area contributed by atoms with Gasteiger partial charge in [-0.15, -0.1) is 0 Å². The fourth-order valence-corrected chi connectivity index (χ4v) is 7.20. The van der Waals surface area contributed by atoms with E-state index < -0.39 is 27.6 Å². The standard InChI is InChI=1S/C33H29N5O6S/c1-2-43-30-11-7-6-10-27(30)33(44-32(40)37-20-18-36(19-21-37)25-14-16-35-17-15-25)28-22-24(23-34)12-13-29(28)38(31(33)39)45(41,42)26-8-4-3-5-9-26/h3-17,22H,2,18-21H2,1H3. The van der Waals surface area contributed by atoms with E-state index in [1.807, 2.05) is 12.1 Å². The molecule has 0 saturated carbocycles. The van der Waals surface area contributed by atoms with Gasteiger partial charge in [-0.25, -0.2) is 13.2 Å². The van der Waals surface area contributed by atoms with E-state index in [1.54, 1.807) is 61.8 Å². The number of nitriles is 1. The monoisotopic (exact) mass is 623 g/mol. The number of pyridine rings is 1. The second kappa shape index (κ2) is 11.9. The Balaban J connectivity index is 1.48. The first kappa shape index (κ1) is 29.7. The van der Waals surface area contributed by atoms with Crippen LogP contribution in [0.25, 0.3) is 0 Å². The summed E-state index contributed by atoms with van der Waals surface area (Å²) < 4.78 is 41.0. The van der Waals surface area contributed by atoms with E-state index in [4.69, 9.17) is 9.47 Å². The third kappa shape index (κ3) is 5.11. The number of piperazine rings is 1. The molecule has 1 fully saturated rings. The van der Waals surface area contributed by atoms with E-state index in [1.165, 1.54) is 35.2 Å². The van der Waals surface area contributed by atoms with Gasteiger partial charge in [-0.2, -0.15) is 9.57 Å². The lowest BCUT2D eigenvalue weighted by atomic mass is 9.85. The Morgan fingerprint density at radius 1 is 0.933 bits per heavy atom. The van der Waals surface area contributed by atoms with Crippen molar-refractivity contribution in [2.45, 2.75) is 17.4 Å². The fraction of sp³-hybridized carbons (Fsp3) is 0.212. The summed E-state index contributed by atoms with van der Waals surface area (Å²) in [5, 5.41) is 9.81. The quantitative estimate of drug-likeness (QED) is 0.296. The summed E-state index contributed by atoms with van der Waals surface area (Å²) in [7, 11) is -4.48. The second-order valence-corrected chi connectivity index (χ2v) is 12.2. The molecule has 6 rings (SSSR count). The summed E-state index contributed by atoms with van der Waals surface area (Å²) in [6, 6.07) is 24.1. The Morgan fingerprint density at radius 2 is 1.62 bits per heavy atom. The highest BCUT2D eigenvalue weighted by Crippen LogP contribution is 2.52. The van der Waals surface area contributed by atoms with Crippen molar-refractivity contribution in [1.29, 1.82) is 5.26 Å². The van der Waals surface area contributed by atoms with E-state index in [9.17, 15) is 23.3 Å². The van der Waals surface area contributed by atoms with E-state index >= 15 is 0 Å². The van der Waals surface area contributed by atoms with Crippen LogP contribution in [0.2, 0.25) is 0 Å². The number of aromatic nitrogens is 1. The molecule has 3 heterocycles. The number of rotatable bonds is 7. The summed E-state index contributed by atoms with van der Waals surface area (Å²) in [5.74, 6) is -0.789. The molecular formula is C33H29N5O6S. The topological polar surface area (TPSA) is 133 Å². The van der Waals surface area contributed by atoms with Gasteiger partial charge in [0.1, 0.15) is 5.75 Å². The lowest BCUT2D eigenvalue weighted by Crippen LogP contribution is -2.53. The van der Waals surface area contributed by atoms with Crippen LogP contribution in [0.4, 0.5) is 16.2 Å². The van der Waals surface area contributed by atoms with E-state index in [2.05, 4.69) is 16.0 Å². The van der Waals surface area contributed by atoms with Gasteiger partial charge in [0.25, 0.3) is 15.9 Å². The van der Waals surface area contributed by atoms with Crippen LogP contribution in [-0.4, -0.2) is 63.1 Å². The van der Waals surface area contributed by atoms with Crippen LogP contribution in [-0.2, 0) is 25.2 Å². The lowest BCUT2D eigenvalue weighted by molar-refractivity contribution is -0.132. The minimum atomic E-state index is -4.48. The first-order valence-electron chi connectivity index (χ1n) is 14.4. The Morgan fingerprint density at radius 3 is 2.31 bits per heavy atom. The molecule has 1 aromatic heterocycles. The number of para-hydroxylation sites is 1. The number of sulfonamides is 1. The second-order valence-electron chi connectivity index (χ2n) is 10.4. The molecule has 1 saturated heterocycles. The zero-order chi connectivity index (χ0) is 31.6. The number of carbonyl (C=O) groups excluding carboxylic acids is 2. The molecule has 228 valence electrons. The minimum absolute atomic E-state index is 0.0236. The van der Waals surface area contributed by atoms with Crippen LogP contribution >= 0.6 is 0 Å². The maximum Gasteiger partial charge on any atom is 0.411 e. The molecule has 45 heavy (non-hydrogen) atoms. The van der Waals surface area contributed by atoms with Gasteiger partial charge in [0.05, 0.1) is 34.4 Å². The Labute approximate surface area is 260 Å². The number of hydrogen-bond donors (Lipinski definition) is 0. The highest BCUT2D eigenvalue weighted by atomic mass is 32.2. The van der Waals surface area contributed by atoms with Gasteiger partial charge < -0.3 is 19.3 Å². The fourth-order valence-electron chi connectivity index (χ4n) is 5.72. The van der Waals surface area contributed by atoms with E-state index in [0.29, 0.717) is 17.4 Å². The molecule has 11 nitrogen and oxygen atoms in total. The number of hydrogen-bond acceptors (Lipinski definition) is 9. The third-order valence-corrected chi connectivity index (χ3v) is 9.57. The number of ether oxygens (including phenoxy) is 2. The molecule has 1 unspecified atom stereocenters. The van der Waals surface area contributed by atoms with Crippen LogP contribution in [0.3, 0.4) is 0 Å². The first-order valence-corrected chi connectivity index (χ1v) is 15.8. The van der Waals surface area contributed by atoms with Crippen LogP contribution in [0, 0.1) is 11.3 Å². The van der Waals surface area contributed by atoms with Crippen LogP contribution in [0.15, 0.2) is 102 Å². The van der Waals surface area contributed by atoms with Crippen LogP contribution in [0.5, 0.6) is 5.75 Å². The molecule has 0 radical (unpaired) electrons. The molecule has 3 aromatic carbocycles. The molecule has 0 N–H and O–H groups in total. The largest absolute Gasteiger partial charge is 0.493 e. The third-order valence-electron chi connectivity index (χ3n) is 7.86. The molecular weight excluding hydrogens is 594 g/mol. The van der Waals surface area contributed by atoms with Crippen molar-refractivity contribution in [1.82, 2.24) is 9.88 Å². The van der Waals surface area contributed by atoms with Crippen molar-refractivity contribution < 1.29 is 27.5 Å². The van der Waals surface area contributed by atoms with Gasteiger partial charge in [-0.05, 0) is 55.5 Å². The first-order chi connectivity index (χ1) is 21.8. The average Bonchev–Trinajstić information content (AvgIpc) is 3.33. The summed E-state index contributed by atoms with van der Waals surface area (Å²) in [4.78, 5) is 36.4. The van der Waals surface area contributed by atoms with Crippen molar-refractivity contribution in [3.8, 4) is 11.8 Å². The Bertz CT molecular complexity index is 1890. The Kier molecular flexibility index (Phi) is 7.87. The number of anilines is 2. The SMILES string of the molecule is CCOc1ccccc1C1(OC(=O)N2CCN(c3ccncc3)CC2)C(=O)N(S(=O)(=O)c2ccccc2)c2ccc(C#N)cc21. The number of fused-ring (bicyclic) bond motifs is 1. The van der Waals surface area contributed by atoms with Crippen molar-refractivity contribution in [3.63, 3.8) is 0 Å². The van der Waals surface area contributed by atoms with Crippen molar-refractivity contribution in [2.24, 2.45) is 0 Å². The molecule has 2 amide bonds.